The summed E-state index contributed by atoms with van der Waals surface area (Å²) in [6, 6.07) is 50.7. The Morgan fingerprint density at radius 2 is 0.680 bits per heavy atom. The molecule has 43 heteroatoms. The van der Waals surface area contributed by atoms with Gasteiger partial charge in [-0.1, -0.05) is 83.3 Å². The zero-order valence-electron chi connectivity index (χ0n) is 70.1. The summed E-state index contributed by atoms with van der Waals surface area (Å²) in [5.74, 6) is 9.01. The number of thiazole rings is 2. The summed E-state index contributed by atoms with van der Waals surface area (Å²) in [7, 11) is 17.1. The monoisotopic (exact) mass is 1750 g/mol. The van der Waals surface area contributed by atoms with Crippen molar-refractivity contribution < 1.29 is 65.3 Å². The van der Waals surface area contributed by atoms with Crippen molar-refractivity contribution in [3.63, 3.8) is 0 Å². The van der Waals surface area contributed by atoms with Crippen LogP contribution in [0.5, 0.6) is 69.0 Å². The second-order valence-electron chi connectivity index (χ2n) is 26.8. The molecular formula is C82H86N26O14S3. The highest BCUT2D eigenvalue weighted by molar-refractivity contribution is 7.90. The molecule has 0 amide bonds. The maximum atomic E-state index is 11.8. The van der Waals surface area contributed by atoms with Gasteiger partial charge in [0, 0.05) is 84.6 Å². The van der Waals surface area contributed by atoms with Gasteiger partial charge in [0.25, 0.3) is 0 Å². The smallest absolute Gasteiger partial charge is 0.248 e. The van der Waals surface area contributed by atoms with E-state index in [1.54, 1.807) is 125 Å². The van der Waals surface area contributed by atoms with Crippen LogP contribution in [0.4, 0.5) is 70.3 Å². The van der Waals surface area contributed by atoms with Crippen LogP contribution >= 0.6 is 22.7 Å². The van der Waals surface area contributed by atoms with E-state index in [-0.39, 0.29) is 34.6 Å². The Morgan fingerprint density at radius 3 is 1.06 bits per heavy atom. The largest absolute Gasteiger partial charge is 0.493 e. The number of anilines is 12. The Kier molecular flexibility index (Phi) is 25.4. The summed E-state index contributed by atoms with van der Waals surface area (Å²) in [6.07, 6.45) is 1.16. The van der Waals surface area contributed by atoms with Crippen LogP contribution in [0.3, 0.4) is 0 Å². The number of rotatable bonds is 27. The van der Waals surface area contributed by atoms with Gasteiger partial charge in [-0.05, 0) is 72.6 Å². The van der Waals surface area contributed by atoms with Crippen molar-refractivity contribution in [3.8, 4) is 91.2 Å². The van der Waals surface area contributed by atoms with Gasteiger partial charge in [-0.25, -0.2) is 28.4 Å². The standard InChI is InChI=1S/C25H25N7O3.C19H21N7O3.C19H20N6O5S2.C19H20N6O3S/c1-33-20-13-17(14-21(34-2)22(20)35-3)27-24-29-23(26)32(30-24)25-28-18-11-7-8-12-19(18)31(25)15-16-9-5-4-6-10-16;1-25-13-8-6-5-7-12(13)22-19(25)26-17(20)23-18(24-26)21-11-9-14(27-2)16(29-4)15(10-11)28-3;1-28-13-7-10(8-14(29-2)16(13)30-3)21-18-23-17(20)25(24-18)19-22-12-6-5-11(32(4,26)27)9-15(12)31-19;1-10-5-6-12-15(7-10)29-19(22-12)25-17(20)23-18(24-25)21-11-8-13(26-2)16(28-4)14(9-11)27-3/h4-14H,15H2,1-3H3,(H3,26,27,29,30);5-10H,1-4H3,(H3,20,21,23,24);5-9H,1-4H3,(H3,20,21,23,24);5-9H,1-4H3,(H3,20,21,23,24). The lowest BCUT2D eigenvalue weighted by atomic mass is 10.2. The molecule has 0 aliphatic rings. The summed E-state index contributed by atoms with van der Waals surface area (Å²) in [4.78, 5) is 35.9. The Balaban J connectivity index is 0.000000136. The van der Waals surface area contributed by atoms with Crippen LogP contribution in [0.1, 0.15) is 11.1 Å². The number of nitrogens with one attached hydrogen (secondary N) is 4. The van der Waals surface area contributed by atoms with Gasteiger partial charge in [0.05, 0.1) is 139 Å². The molecule has 0 saturated heterocycles. The van der Waals surface area contributed by atoms with Gasteiger partial charge in [-0.3, -0.25) is 0 Å². The van der Waals surface area contributed by atoms with Gasteiger partial charge in [0.2, 0.25) is 92.7 Å². The maximum absolute atomic E-state index is 11.8. The van der Waals surface area contributed by atoms with Gasteiger partial charge in [0.1, 0.15) is 0 Å². The second kappa shape index (κ2) is 37.1. The molecule has 40 nitrogen and oxygen atoms in total. The molecule has 0 unspecified atom stereocenters. The van der Waals surface area contributed by atoms with Crippen molar-refractivity contribution in [1.29, 1.82) is 0 Å². The number of hydrogen-bond acceptors (Lipinski definition) is 36. The second-order valence-corrected chi connectivity index (χ2v) is 30.8. The molecule has 0 aliphatic carbocycles. The van der Waals surface area contributed by atoms with E-state index < -0.39 is 9.84 Å². The highest BCUT2D eigenvalue weighted by Crippen LogP contribution is 2.45. The molecule has 8 aromatic heterocycles. The van der Waals surface area contributed by atoms with Gasteiger partial charge < -0.3 is 110 Å². The summed E-state index contributed by atoms with van der Waals surface area (Å²) in [6.45, 7) is 2.65. The molecule has 125 heavy (non-hydrogen) atoms. The minimum Gasteiger partial charge on any atom is -0.493 e. The molecule has 0 bridgehead atoms. The number of fused-ring (bicyclic) bond motifs is 4. The van der Waals surface area contributed by atoms with E-state index >= 15 is 0 Å². The normalized spacial score (nSPS) is 11.1. The predicted octanol–water partition coefficient (Wildman–Crippen LogP) is 12.7. The summed E-state index contributed by atoms with van der Waals surface area (Å²) in [5, 5.41) is 31.4. The van der Waals surface area contributed by atoms with Crippen molar-refractivity contribution in [1.82, 2.24) is 88.1 Å². The number of imidazole rings is 2. The number of nitrogens with two attached hydrogens (primary N) is 4. The first kappa shape index (κ1) is 85.6. The quantitative estimate of drug-likeness (QED) is 0.0237. The summed E-state index contributed by atoms with van der Waals surface area (Å²) in [5.41, 5.74) is 34.6. The number of aromatic nitrogens is 18. The van der Waals surface area contributed by atoms with E-state index in [0.717, 1.165) is 44.1 Å². The zero-order chi connectivity index (χ0) is 88.5. The molecule has 9 aromatic carbocycles. The molecule has 0 saturated carbocycles. The molecule has 8 heterocycles. The van der Waals surface area contributed by atoms with Crippen LogP contribution < -0.4 is 101 Å². The predicted molar refractivity (Wildman–Crippen MR) is 478 cm³/mol. The topological polar surface area (TPSA) is 481 Å². The van der Waals surface area contributed by atoms with Gasteiger partial charge in [-0.2, -0.15) is 38.7 Å². The van der Waals surface area contributed by atoms with Crippen LogP contribution in [-0.4, -0.2) is 188 Å². The van der Waals surface area contributed by atoms with Crippen molar-refractivity contribution >= 4 is 145 Å². The van der Waals surface area contributed by atoms with E-state index in [1.165, 1.54) is 74.4 Å². The van der Waals surface area contributed by atoms with Crippen LogP contribution in [-0.2, 0) is 23.4 Å². The molecule has 0 spiro atoms. The number of aryl methyl sites for hydroxylation is 2. The lowest BCUT2D eigenvalue weighted by Crippen LogP contribution is -2.11. The first-order valence-electron chi connectivity index (χ1n) is 37.5. The molecule has 17 rings (SSSR count). The number of sulfone groups is 1. The molecule has 0 atom stereocenters. The van der Waals surface area contributed by atoms with Gasteiger partial charge >= 0.3 is 0 Å². The molecule has 646 valence electrons. The molecule has 0 radical (unpaired) electrons. The lowest BCUT2D eigenvalue weighted by Gasteiger charge is -2.14. The van der Waals surface area contributed by atoms with E-state index in [2.05, 4.69) is 99.3 Å². The molecule has 12 N–H and O–H groups in total. The van der Waals surface area contributed by atoms with Crippen molar-refractivity contribution in [3.05, 3.63) is 175 Å². The first-order valence-corrected chi connectivity index (χ1v) is 41.0. The summed E-state index contributed by atoms with van der Waals surface area (Å²) >= 11 is 2.75. The van der Waals surface area contributed by atoms with Gasteiger partial charge in [0.15, 0.2) is 55.8 Å². The van der Waals surface area contributed by atoms with E-state index in [4.69, 9.17) is 84.8 Å². The third kappa shape index (κ3) is 18.3. The average Bonchev–Trinajstić information content (AvgIpc) is 1.63. The third-order valence-corrected chi connectivity index (χ3v) is 21.9. The Morgan fingerprint density at radius 1 is 0.352 bits per heavy atom. The lowest BCUT2D eigenvalue weighted by molar-refractivity contribution is 0.324. The average molecular weight is 1760 g/mol. The SMILES string of the molecule is COc1cc(Nc2nc(N)n(-c3nc4ccc(C)cc4s3)n2)cc(OC)c1OC.COc1cc(Nc2nc(N)n(-c3nc4ccc(S(C)(=O)=O)cc4s3)n2)cc(OC)c1OC.COc1cc(Nc2nc(N)n(-c3nc4ccccc4n3C)n2)cc(OC)c1OC.COc1cc(Nc2nc(N)n(-c3nc4ccccc4n3Cc3ccccc3)n2)cc(OC)c1OC. The van der Waals surface area contributed by atoms with Crippen molar-refractivity contribution in [2.45, 2.75) is 18.4 Å². The van der Waals surface area contributed by atoms with Gasteiger partial charge in [-0.15, -0.1) is 20.4 Å². The Hall–Kier alpha value is -15.8. The number of para-hydroxylation sites is 4. The minimum absolute atomic E-state index is 0.113. The Labute approximate surface area is 722 Å². The van der Waals surface area contributed by atoms with Crippen molar-refractivity contribution in [2.75, 3.05) is 136 Å². The zero-order valence-corrected chi connectivity index (χ0v) is 72.5. The summed E-state index contributed by atoms with van der Waals surface area (Å²) < 4.78 is 99.8. The van der Waals surface area contributed by atoms with Crippen LogP contribution in [0.25, 0.3) is 64.7 Å². The maximum Gasteiger partial charge on any atom is 0.248 e. The third-order valence-electron chi connectivity index (χ3n) is 18.8. The minimum atomic E-state index is -3.32. The molecule has 0 aliphatic heterocycles. The highest BCUT2D eigenvalue weighted by atomic mass is 32.2. The number of methoxy groups -OCH3 is 12. The fraction of sp³-hybridized carbons (Fsp3) is 0.195. The fourth-order valence-corrected chi connectivity index (χ4v) is 15.7. The fourth-order valence-electron chi connectivity index (χ4n) is 13.0. The number of ether oxygens (including phenoxy) is 12. The number of nitrogens with zero attached hydrogens (tertiary/aromatic N) is 18. The van der Waals surface area contributed by atoms with E-state index in [9.17, 15) is 8.42 Å². The number of nitrogen functional groups attached to an aromatic ring is 4. The highest BCUT2D eigenvalue weighted by Gasteiger charge is 2.25. The van der Waals surface area contributed by atoms with E-state index in [0.29, 0.717) is 149 Å². The molecule has 0 fully saturated rings. The van der Waals surface area contributed by atoms with Crippen LogP contribution in [0.15, 0.2) is 169 Å². The van der Waals surface area contributed by atoms with Crippen LogP contribution in [0, 0.1) is 6.92 Å². The Bertz CT molecular complexity index is 6780. The van der Waals surface area contributed by atoms with Crippen LogP contribution in [0.2, 0.25) is 0 Å². The molecular weight excluding hydrogens is 1670 g/mol. The number of benzene rings is 9. The van der Waals surface area contributed by atoms with E-state index in [1.807, 2.05) is 97.4 Å². The number of hydrogen-bond donors (Lipinski definition) is 8. The first-order chi connectivity index (χ1) is 60.4. The molecule has 17 aromatic rings. The van der Waals surface area contributed by atoms with Crippen molar-refractivity contribution in [2.24, 2.45) is 7.05 Å².